The van der Waals surface area contributed by atoms with Crippen LogP contribution in [0.2, 0.25) is 5.02 Å². The van der Waals surface area contributed by atoms with Gasteiger partial charge in [-0.25, -0.2) is 12.8 Å². The van der Waals surface area contributed by atoms with Crippen LogP contribution in [0.15, 0.2) is 42.5 Å². The highest BCUT2D eigenvalue weighted by Crippen LogP contribution is 2.34. The second-order valence-corrected chi connectivity index (χ2v) is 7.77. The van der Waals surface area contributed by atoms with Crippen LogP contribution in [0.25, 0.3) is 0 Å². The second kappa shape index (κ2) is 7.73. The molecule has 5 nitrogen and oxygen atoms in total. The maximum absolute atomic E-state index is 13.3. The van der Waals surface area contributed by atoms with Crippen molar-refractivity contribution in [1.29, 1.82) is 0 Å². The summed E-state index contributed by atoms with van der Waals surface area (Å²) >= 11 is 5.62. The minimum atomic E-state index is -4.70. The average molecular weight is 425 g/mol. The van der Waals surface area contributed by atoms with Gasteiger partial charge >= 0.3 is 6.18 Å². The minimum absolute atomic E-state index is 0.108. The predicted octanol–water partition coefficient (Wildman–Crippen LogP) is 3.90. The third-order valence-electron chi connectivity index (χ3n) is 3.39. The van der Waals surface area contributed by atoms with E-state index in [2.05, 4.69) is 0 Å². The number of rotatable bonds is 5. The fourth-order valence-electron chi connectivity index (χ4n) is 2.20. The first-order valence-electron chi connectivity index (χ1n) is 7.28. The largest absolute Gasteiger partial charge is 0.418 e. The summed E-state index contributed by atoms with van der Waals surface area (Å²) in [5.41, 5.74) is -1.70. The molecule has 1 amide bonds. The van der Waals surface area contributed by atoms with E-state index in [9.17, 15) is 30.8 Å². The van der Waals surface area contributed by atoms with Crippen LogP contribution in [-0.2, 0) is 21.0 Å². The lowest BCUT2D eigenvalue weighted by atomic mass is 10.1. The molecule has 1 N–H and O–H groups in total. The van der Waals surface area contributed by atoms with Gasteiger partial charge in [-0.1, -0.05) is 23.7 Å². The Kier molecular flexibility index (Phi) is 6.01. The van der Waals surface area contributed by atoms with Crippen LogP contribution in [0.1, 0.15) is 5.56 Å². The smallest absolute Gasteiger partial charge is 0.324 e. The van der Waals surface area contributed by atoms with Gasteiger partial charge in [-0.15, -0.1) is 0 Å². The zero-order valence-corrected chi connectivity index (χ0v) is 15.3. The Morgan fingerprint density at radius 1 is 1.19 bits per heavy atom. The minimum Gasteiger partial charge on any atom is -0.324 e. The number of para-hydroxylation sites is 1. The molecule has 2 aromatic carbocycles. The van der Waals surface area contributed by atoms with E-state index in [1.165, 1.54) is 6.07 Å². The number of amides is 1. The highest BCUT2D eigenvalue weighted by molar-refractivity contribution is 7.92. The summed E-state index contributed by atoms with van der Waals surface area (Å²) < 4.78 is 76.8. The first-order valence-corrected chi connectivity index (χ1v) is 9.51. The molecule has 0 unspecified atom stereocenters. The van der Waals surface area contributed by atoms with Gasteiger partial charge in [0.25, 0.3) is 0 Å². The van der Waals surface area contributed by atoms with Gasteiger partial charge in [0, 0.05) is 0 Å². The summed E-state index contributed by atoms with van der Waals surface area (Å²) in [5, 5.41) is 1.67. The molecule has 0 aliphatic carbocycles. The van der Waals surface area contributed by atoms with Crippen LogP contribution < -0.4 is 9.62 Å². The van der Waals surface area contributed by atoms with Gasteiger partial charge in [0.1, 0.15) is 12.4 Å². The highest BCUT2D eigenvalue weighted by atomic mass is 35.5. The molecule has 2 rings (SSSR count). The van der Waals surface area contributed by atoms with E-state index in [4.69, 9.17) is 11.6 Å². The zero-order valence-electron chi connectivity index (χ0n) is 13.7. The molecular weight excluding hydrogens is 412 g/mol. The molecule has 0 aliphatic rings. The topological polar surface area (TPSA) is 66.5 Å². The number of anilines is 2. The Bertz CT molecular complexity index is 964. The van der Waals surface area contributed by atoms with Gasteiger partial charge < -0.3 is 5.32 Å². The summed E-state index contributed by atoms with van der Waals surface area (Å²) in [5.74, 6) is -1.81. The van der Waals surface area contributed by atoms with Crippen molar-refractivity contribution in [3.05, 3.63) is 58.9 Å². The quantitative estimate of drug-likeness (QED) is 0.740. The number of hydrogen-bond acceptors (Lipinski definition) is 3. The van der Waals surface area contributed by atoms with Crippen LogP contribution in [0, 0.1) is 5.82 Å². The van der Waals surface area contributed by atoms with Gasteiger partial charge in [-0.2, -0.15) is 13.2 Å². The van der Waals surface area contributed by atoms with Crippen molar-refractivity contribution >= 4 is 38.9 Å². The van der Waals surface area contributed by atoms with Gasteiger partial charge in [-0.3, -0.25) is 9.10 Å². The number of halogens is 5. The molecule has 0 bridgehead atoms. The summed E-state index contributed by atoms with van der Waals surface area (Å²) in [6.07, 6.45) is -3.91. The first-order chi connectivity index (χ1) is 12.4. The molecule has 0 atom stereocenters. The van der Waals surface area contributed by atoms with Gasteiger partial charge in [0.15, 0.2) is 0 Å². The van der Waals surface area contributed by atoms with E-state index >= 15 is 0 Å². The molecule has 0 saturated heterocycles. The third kappa shape index (κ3) is 5.33. The van der Waals surface area contributed by atoms with Crippen LogP contribution in [0.4, 0.5) is 28.9 Å². The summed E-state index contributed by atoms with van der Waals surface area (Å²) in [4.78, 5) is 12.2. The van der Waals surface area contributed by atoms with E-state index in [0.29, 0.717) is 4.31 Å². The van der Waals surface area contributed by atoms with Crippen LogP contribution in [-0.4, -0.2) is 27.1 Å². The fraction of sp³-hybridized carbons (Fsp3) is 0.188. The van der Waals surface area contributed by atoms with Crippen molar-refractivity contribution in [2.45, 2.75) is 6.18 Å². The van der Waals surface area contributed by atoms with Crippen molar-refractivity contribution in [2.24, 2.45) is 0 Å². The third-order valence-corrected chi connectivity index (χ3v) is 4.82. The monoisotopic (exact) mass is 424 g/mol. The van der Waals surface area contributed by atoms with E-state index in [1.54, 1.807) is 0 Å². The molecule has 0 heterocycles. The maximum atomic E-state index is 13.3. The maximum Gasteiger partial charge on any atom is 0.418 e. The average Bonchev–Trinajstić information content (AvgIpc) is 2.54. The standard InChI is InChI=1S/C16H13ClF4N2O3S/c1-27(25,26)23(10-6-7-13(18)12(17)8-10)9-15(24)22-14-5-3-2-4-11(14)16(19,20)21/h2-8H,9H2,1H3,(H,22,24). The number of nitrogens with one attached hydrogen (secondary N) is 1. The van der Waals surface area contributed by atoms with E-state index < -0.39 is 45.7 Å². The molecule has 11 heteroatoms. The molecule has 0 fully saturated rings. The normalized spacial score (nSPS) is 11.9. The Morgan fingerprint density at radius 2 is 1.81 bits per heavy atom. The van der Waals surface area contributed by atoms with Crippen molar-refractivity contribution < 1.29 is 30.8 Å². The first kappa shape index (κ1) is 21.0. The molecule has 27 heavy (non-hydrogen) atoms. The van der Waals surface area contributed by atoms with E-state index in [-0.39, 0.29) is 10.7 Å². The summed E-state index contributed by atoms with van der Waals surface area (Å²) in [6.45, 7) is -0.826. The lowest BCUT2D eigenvalue weighted by Crippen LogP contribution is -2.37. The number of hydrogen-bond donors (Lipinski definition) is 1. The van der Waals surface area contributed by atoms with Crippen LogP contribution >= 0.6 is 11.6 Å². The molecule has 0 spiro atoms. The molecular formula is C16H13ClF4N2O3S. The van der Waals surface area contributed by atoms with Crippen LogP contribution in [0.3, 0.4) is 0 Å². The second-order valence-electron chi connectivity index (χ2n) is 5.46. The highest BCUT2D eigenvalue weighted by Gasteiger charge is 2.33. The van der Waals surface area contributed by atoms with Crippen molar-refractivity contribution in [1.82, 2.24) is 0 Å². The van der Waals surface area contributed by atoms with E-state index in [1.807, 2.05) is 5.32 Å². The summed E-state index contributed by atoms with van der Waals surface area (Å²) in [6, 6.07) is 7.26. The molecule has 0 aliphatic heterocycles. The van der Waals surface area contributed by atoms with Gasteiger partial charge in [-0.05, 0) is 30.3 Å². The number of alkyl halides is 3. The number of nitrogens with zero attached hydrogens (tertiary/aromatic N) is 1. The number of carbonyl (C=O) groups is 1. The van der Waals surface area contributed by atoms with E-state index in [0.717, 1.165) is 42.7 Å². The molecule has 2 aromatic rings. The Labute approximate surface area is 157 Å². The lowest BCUT2D eigenvalue weighted by Gasteiger charge is -2.22. The predicted molar refractivity (Wildman–Crippen MR) is 93.7 cm³/mol. The number of sulfonamides is 1. The molecule has 0 saturated carbocycles. The lowest BCUT2D eigenvalue weighted by molar-refractivity contribution is -0.137. The molecule has 0 aromatic heterocycles. The van der Waals surface area contributed by atoms with Crippen molar-refractivity contribution in [3.8, 4) is 0 Å². The Balaban J connectivity index is 2.30. The van der Waals surface area contributed by atoms with Gasteiger partial charge in [0.2, 0.25) is 15.9 Å². The number of carbonyl (C=O) groups excluding carboxylic acids is 1. The molecule has 146 valence electrons. The Hall–Kier alpha value is -2.33. The Morgan fingerprint density at radius 3 is 2.37 bits per heavy atom. The fourth-order valence-corrected chi connectivity index (χ4v) is 3.22. The zero-order chi connectivity index (χ0) is 20.4. The van der Waals surface area contributed by atoms with Crippen molar-refractivity contribution in [2.75, 3.05) is 22.4 Å². The summed E-state index contributed by atoms with van der Waals surface area (Å²) in [7, 11) is -4.00. The van der Waals surface area contributed by atoms with Crippen molar-refractivity contribution in [3.63, 3.8) is 0 Å². The van der Waals surface area contributed by atoms with Gasteiger partial charge in [0.05, 0.1) is 28.2 Å². The number of benzene rings is 2. The SMILES string of the molecule is CS(=O)(=O)N(CC(=O)Nc1ccccc1C(F)(F)F)c1ccc(F)c(Cl)c1. The van der Waals surface area contributed by atoms with Crippen LogP contribution in [0.5, 0.6) is 0 Å². The molecule has 0 radical (unpaired) electrons.